The van der Waals surface area contributed by atoms with Crippen LogP contribution in [0.25, 0.3) is 11.1 Å². The Labute approximate surface area is 98.9 Å². The topological polar surface area (TPSA) is 26.0 Å². The highest BCUT2D eigenvalue weighted by atomic mass is 19.1. The van der Waals surface area contributed by atoms with Crippen molar-refractivity contribution in [2.45, 2.75) is 13.0 Å². The van der Waals surface area contributed by atoms with Crippen LogP contribution in [0.1, 0.15) is 18.5 Å². The molecule has 0 spiro atoms. The zero-order chi connectivity index (χ0) is 12.4. The van der Waals surface area contributed by atoms with E-state index in [1.807, 2.05) is 0 Å². The number of rotatable bonds is 2. The van der Waals surface area contributed by atoms with Gasteiger partial charge in [-0.1, -0.05) is 30.3 Å². The van der Waals surface area contributed by atoms with E-state index in [9.17, 15) is 8.78 Å². The largest absolute Gasteiger partial charge is 0.324 e. The van der Waals surface area contributed by atoms with Crippen LogP contribution in [0.15, 0.2) is 42.5 Å². The third-order valence-corrected chi connectivity index (χ3v) is 2.68. The average Bonchev–Trinajstić information content (AvgIpc) is 2.29. The van der Waals surface area contributed by atoms with Gasteiger partial charge in [-0.15, -0.1) is 0 Å². The summed E-state index contributed by atoms with van der Waals surface area (Å²) in [5, 5.41) is 0. The lowest BCUT2D eigenvalue weighted by Crippen LogP contribution is -2.07. The Hall–Kier alpha value is -1.74. The van der Waals surface area contributed by atoms with Crippen LogP contribution in [0.2, 0.25) is 0 Å². The van der Waals surface area contributed by atoms with Crippen LogP contribution < -0.4 is 5.73 Å². The molecule has 0 amide bonds. The zero-order valence-electron chi connectivity index (χ0n) is 9.45. The van der Waals surface area contributed by atoms with Crippen molar-refractivity contribution in [1.82, 2.24) is 0 Å². The van der Waals surface area contributed by atoms with Crippen molar-refractivity contribution in [2.24, 2.45) is 5.73 Å². The molecular formula is C14H13F2N. The van der Waals surface area contributed by atoms with E-state index in [1.54, 1.807) is 31.2 Å². The summed E-state index contributed by atoms with van der Waals surface area (Å²) >= 11 is 0. The van der Waals surface area contributed by atoms with Crippen molar-refractivity contribution in [3.05, 3.63) is 59.7 Å². The molecular weight excluding hydrogens is 220 g/mol. The molecule has 0 heterocycles. The van der Waals surface area contributed by atoms with Crippen molar-refractivity contribution in [3.8, 4) is 11.1 Å². The third-order valence-electron chi connectivity index (χ3n) is 2.68. The Morgan fingerprint density at radius 1 is 0.941 bits per heavy atom. The molecule has 0 saturated carbocycles. The number of nitrogens with two attached hydrogens (primary N) is 1. The SMILES string of the molecule is CC(N)c1ccccc1-c1c(F)cccc1F. The van der Waals surface area contributed by atoms with Crippen LogP contribution in [-0.2, 0) is 0 Å². The Bertz CT molecular complexity index is 515. The van der Waals surface area contributed by atoms with E-state index in [4.69, 9.17) is 5.73 Å². The minimum atomic E-state index is -0.571. The van der Waals surface area contributed by atoms with Crippen LogP contribution in [-0.4, -0.2) is 0 Å². The van der Waals surface area contributed by atoms with E-state index in [0.717, 1.165) is 5.56 Å². The van der Waals surface area contributed by atoms with E-state index in [2.05, 4.69) is 0 Å². The fraction of sp³-hybridized carbons (Fsp3) is 0.143. The van der Waals surface area contributed by atoms with Gasteiger partial charge in [0.1, 0.15) is 11.6 Å². The first kappa shape index (κ1) is 11.7. The fourth-order valence-corrected chi connectivity index (χ4v) is 1.88. The first-order valence-electron chi connectivity index (χ1n) is 5.40. The first-order chi connectivity index (χ1) is 8.11. The maximum atomic E-state index is 13.7. The molecule has 17 heavy (non-hydrogen) atoms. The lowest BCUT2D eigenvalue weighted by molar-refractivity contribution is 0.589. The highest BCUT2D eigenvalue weighted by Gasteiger charge is 2.15. The average molecular weight is 233 g/mol. The number of hydrogen-bond acceptors (Lipinski definition) is 1. The van der Waals surface area contributed by atoms with Gasteiger partial charge in [-0.2, -0.15) is 0 Å². The standard InChI is InChI=1S/C14H13F2N/c1-9(17)10-5-2-3-6-11(10)14-12(15)7-4-8-13(14)16/h2-9H,17H2,1H3. The molecule has 0 aliphatic carbocycles. The van der Waals surface area contributed by atoms with Gasteiger partial charge >= 0.3 is 0 Å². The molecule has 1 nitrogen and oxygen atoms in total. The number of halogens is 2. The molecule has 0 aliphatic heterocycles. The lowest BCUT2D eigenvalue weighted by atomic mass is 9.95. The molecule has 2 aromatic rings. The van der Waals surface area contributed by atoms with Gasteiger partial charge in [0.15, 0.2) is 0 Å². The van der Waals surface area contributed by atoms with Gasteiger partial charge in [0.05, 0.1) is 5.56 Å². The van der Waals surface area contributed by atoms with Crippen molar-refractivity contribution in [1.29, 1.82) is 0 Å². The minimum Gasteiger partial charge on any atom is -0.324 e. The van der Waals surface area contributed by atoms with Crippen molar-refractivity contribution in [3.63, 3.8) is 0 Å². The highest BCUT2D eigenvalue weighted by Crippen LogP contribution is 2.31. The zero-order valence-corrected chi connectivity index (χ0v) is 9.45. The lowest BCUT2D eigenvalue weighted by Gasteiger charge is -2.13. The Kier molecular flexibility index (Phi) is 3.20. The van der Waals surface area contributed by atoms with E-state index >= 15 is 0 Å². The van der Waals surface area contributed by atoms with Crippen LogP contribution in [0.5, 0.6) is 0 Å². The quantitative estimate of drug-likeness (QED) is 0.841. The monoisotopic (exact) mass is 233 g/mol. The molecule has 0 radical (unpaired) electrons. The predicted molar refractivity (Wildman–Crippen MR) is 64.4 cm³/mol. The van der Waals surface area contributed by atoms with Gasteiger partial charge < -0.3 is 5.73 Å². The second-order valence-corrected chi connectivity index (χ2v) is 3.97. The summed E-state index contributed by atoms with van der Waals surface area (Å²) in [6.45, 7) is 1.79. The van der Waals surface area contributed by atoms with Crippen molar-refractivity contribution < 1.29 is 8.78 Å². The van der Waals surface area contributed by atoms with Crippen LogP contribution in [0.4, 0.5) is 8.78 Å². The van der Waals surface area contributed by atoms with Gasteiger partial charge in [-0.25, -0.2) is 8.78 Å². The smallest absolute Gasteiger partial charge is 0.133 e. The molecule has 2 rings (SSSR count). The molecule has 0 aliphatic rings. The first-order valence-corrected chi connectivity index (χ1v) is 5.40. The summed E-state index contributed by atoms with van der Waals surface area (Å²) in [4.78, 5) is 0. The van der Waals surface area contributed by atoms with Gasteiger partial charge in [0.25, 0.3) is 0 Å². The van der Waals surface area contributed by atoms with E-state index < -0.39 is 11.6 Å². The van der Waals surface area contributed by atoms with Crippen LogP contribution >= 0.6 is 0 Å². The molecule has 2 aromatic carbocycles. The van der Waals surface area contributed by atoms with Crippen LogP contribution in [0, 0.1) is 11.6 Å². The summed E-state index contributed by atoms with van der Waals surface area (Å²) in [6, 6.07) is 10.6. The molecule has 0 aromatic heterocycles. The molecule has 88 valence electrons. The summed E-state index contributed by atoms with van der Waals surface area (Å²) < 4.78 is 27.4. The second-order valence-electron chi connectivity index (χ2n) is 3.97. The third kappa shape index (κ3) is 2.19. The molecule has 1 atom stereocenters. The van der Waals surface area contributed by atoms with Gasteiger partial charge in [-0.05, 0) is 30.2 Å². The van der Waals surface area contributed by atoms with E-state index in [0.29, 0.717) is 5.56 Å². The molecule has 3 heteroatoms. The summed E-state index contributed by atoms with van der Waals surface area (Å²) in [5.74, 6) is -1.14. The molecule has 1 unspecified atom stereocenters. The van der Waals surface area contributed by atoms with Crippen molar-refractivity contribution >= 4 is 0 Å². The maximum Gasteiger partial charge on any atom is 0.133 e. The molecule has 0 fully saturated rings. The Balaban J connectivity index is 2.69. The molecule has 0 bridgehead atoms. The minimum absolute atomic E-state index is 0.0135. The highest BCUT2D eigenvalue weighted by molar-refractivity contribution is 5.69. The number of benzene rings is 2. The Morgan fingerprint density at radius 3 is 2.12 bits per heavy atom. The summed E-state index contributed by atoms with van der Waals surface area (Å²) in [6.07, 6.45) is 0. The van der Waals surface area contributed by atoms with Crippen LogP contribution in [0.3, 0.4) is 0 Å². The van der Waals surface area contributed by atoms with Gasteiger partial charge in [0.2, 0.25) is 0 Å². The molecule has 0 saturated heterocycles. The predicted octanol–water partition coefficient (Wildman–Crippen LogP) is 3.65. The Morgan fingerprint density at radius 2 is 1.53 bits per heavy atom. The number of hydrogen-bond donors (Lipinski definition) is 1. The van der Waals surface area contributed by atoms with Crippen molar-refractivity contribution in [2.75, 3.05) is 0 Å². The molecule has 2 N–H and O–H groups in total. The summed E-state index contributed by atoms with van der Waals surface area (Å²) in [7, 11) is 0. The second kappa shape index (κ2) is 4.63. The summed E-state index contributed by atoms with van der Waals surface area (Å²) in [5.41, 5.74) is 7.04. The normalized spacial score (nSPS) is 12.5. The van der Waals surface area contributed by atoms with Gasteiger partial charge in [-0.3, -0.25) is 0 Å². The maximum absolute atomic E-state index is 13.7. The van der Waals surface area contributed by atoms with Gasteiger partial charge in [0, 0.05) is 6.04 Å². The fourth-order valence-electron chi connectivity index (χ4n) is 1.88. The van der Waals surface area contributed by atoms with E-state index in [1.165, 1.54) is 18.2 Å². The van der Waals surface area contributed by atoms with E-state index in [-0.39, 0.29) is 11.6 Å².